The third-order valence-corrected chi connectivity index (χ3v) is 5.48. The lowest BCUT2D eigenvalue weighted by molar-refractivity contribution is 0.0905. The van der Waals surface area contributed by atoms with Crippen molar-refractivity contribution in [3.8, 4) is 5.75 Å². The number of nitrogens with zero attached hydrogens (tertiary/aromatic N) is 1. The van der Waals surface area contributed by atoms with Crippen molar-refractivity contribution in [3.63, 3.8) is 0 Å². The van der Waals surface area contributed by atoms with E-state index in [9.17, 15) is 4.79 Å². The van der Waals surface area contributed by atoms with Gasteiger partial charge in [-0.3, -0.25) is 9.69 Å². The van der Waals surface area contributed by atoms with Crippen LogP contribution in [0.5, 0.6) is 5.75 Å². The summed E-state index contributed by atoms with van der Waals surface area (Å²) in [4.78, 5) is 14.8. The Kier molecular flexibility index (Phi) is 7.25. The molecule has 1 amide bonds. The lowest BCUT2D eigenvalue weighted by Gasteiger charge is -2.32. The Hall–Kier alpha value is -1.46. The summed E-state index contributed by atoms with van der Waals surface area (Å²) < 4.78 is 5.74. The molecule has 3 rings (SSSR count). The van der Waals surface area contributed by atoms with Gasteiger partial charge in [0.25, 0.3) is 5.91 Å². The number of carbonyl (C=O) groups excluding carboxylic acids is 1. The topological polar surface area (TPSA) is 41.6 Å². The van der Waals surface area contributed by atoms with E-state index in [1.54, 1.807) is 18.2 Å². The maximum Gasteiger partial charge on any atom is 0.254 e. The molecule has 0 aliphatic carbocycles. The third kappa shape index (κ3) is 5.76. The Morgan fingerprint density at radius 3 is 2.30 bits per heavy atom. The summed E-state index contributed by atoms with van der Waals surface area (Å²) in [5.41, 5.74) is 0.347. The fraction of sp³-hybridized carbons (Fsp3) is 0.350. The molecule has 1 N–H and O–H groups in total. The van der Waals surface area contributed by atoms with Gasteiger partial charge >= 0.3 is 0 Å². The minimum absolute atomic E-state index is 0.123. The predicted molar refractivity (Wildman–Crippen MR) is 110 cm³/mol. The van der Waals surface area contributed by atoms with E-state index in [1.807, 2.05) is 24.3 Å². The van der Waals surface area contributed by atoms with Crippen molar-refractivity contribution in [2.75, 3.05) is 26.2 Å². The number of benzene rings is 2. The molecule has 7 heteroatoms. The Labute approximate surface area is 174 Å². The highest BCUT2D eigenvalue weighted by Crippen LogP contribution is 2.24. The first-order chi connectivity index (χ1) is 13.0. The highest BCUT2D eigenvalue weighted by Gasteiger charge is 2.23. The number of ether oxygens (including phenoxy) is 1. The fourth-order valence-corrected chi connectivity index (χ4v) is 3.79. The summed E-state index contributed by atoms with van der Waals surface area (Å²) in [6, 6.07) is 12.6. The van der Waals surface area contributed by atoms with Gasteiger partial charge in [-0.25, -0.2) is 0 Å². The average molecular weight is 428 g/mol. The molecule has 2 aromatic rings. The van der Waals surface area contributed by atoms with Crippen LogP contribution in [0.1, 0.15) is 23.2 Å². The number of amides is 1. The molecule has 1 aliphatic heterocycles. The van der Waals surface area contributed by atoms with E-state index in [2.05, 4.69) is 10.2 Å². The van der Waals surface area contributed by atoms with Crippen molar-refractivity contribution in [1.29, 1.82) is 0 Å². The second-order valence-electron chi connectivity index (χ2n) is 6.49. The summed E-state index contributed by atoms with van der Waals surface area (Å²) >= 11 is 18.1. The van der Waals surface area contributed by atoms with Gasteiger partial charge in [-0.2, -0.15) is 0 Å². The number of hydrogen-bond donors (Lipinski definition) is 1. The minimum atomic E-state index is -0.213. The molecular formula is C20H21Cl3N2O2. The van der Waals surface area contributed by atoms with Gasteiger partial charge < -0.3 is 10.1 Å². The van der Waals surface area contributed by atoms with Crippen molar-refractivity contribution in [2.24, 2.45) is 0 Å². The highest BCUT2D eigenvalue weighted by molar-refractivity contribution is 6.39. The van der Waals surface area contributed by atoms with Gasteiger partial charge in [0.1, 0.15) is 12.4 Å². The zero-order chi connectivity index (χ0) is 19.2. The average Bonchev–Trinajstić information content (AvgIpc) is 2.65. The molecule has 1 aliphatic rings. The van der Waals surface area contributed by atoms with E-state index in [-0.39, 0.29) is 11.9 Å². The van der Waals surface area contributed by atoms with Crippen molar-refractivity contribution in [3.05, 3.63) is 63.1 Å². The number of halogens is 3. The normalized spacial score (nSPS) is 15.5. The molecule has 1 fully saturated rings. The molecule has 144 valence electrons. The van der Waals surface area contributed by atoms with Gasteiger partial charge in [-0.15, -0.1) is 0 Å². The maximum atomic E-state index is 12.5. The smallest absolute Gasteiger partial charge is 0.254 e. The van der Waals surface area contributed by atoms with Crippen LogP contribution in [-0.4, -0.2) is 43.1 Å². The van der Waals surface area contributed by atoms with Gasteiger partial charge in [0.15, 0.2) is 0 Å². The van der Waals surface area contributed by atoms with Crippen LogP contribution in [-0.2, 0) is 0 Å². The SMILES string of the molecule is O=C(NC1CCN(CCOc2ccc(Cl)cc2)CC1)c1c(Cl)cccc1Cl. The Bertz CT molecular complexity index is 755. The Morgan fingerprint density at radius 1 is 1.04 bits per heavy atom. The molecule has 0 radical (unpaired) electrons. The number of likely N-dealkylation sites (tertiary alicyclic amines) is 1. The summed E-state index contributed by atoms with van der Waals surface area (Å²) in [5.74, 6) is 0.605. The summed E-state index contributed by atoms with van der Waals surface area (Å²) in [6.45, 7) is 3.28. The van der Waals surface area contributed by atoms with Gasteiger partial charge in [0.05, 0.1) is 15.6 Å². The third-order valence-electron chi connectivity index (χ3n) is 4.60. The molecule has 2 aromatic carbocycles. The first kappa shape index (κ1) is 20.3. The number of hydrogen-bond acceptors (Lipinski definition) is 3. The molecule has 0 atom stereocenters. The number of carbonyl (C=O) groups is 1. The number of nitrogens with one attached hydrogen (secondary N) is 1. The highest BCUT2D eigenvalue weighted by atomic mass is 35.5. The maximum absolute atomic E-state index is 12.5. The van der Waals surface area contributed by atoms with E-state index < -0.39 is 0 Å². The molecule has 0 saturated carbocycles. The monoisotopic (exact) mass is 426 g/mol. The molecule has 4 nitrogen and oxygen atoms in total. The number of piperidine rings is 1. The quantitative estimate of drug-likeness (QED) is 0.711. The van der Waals surface area contributed by atoms with E-state index in [4.69, 9.17) is 39.5 Å². The van der Waals surface area contributed by atoms with Crippen molar-refractivity contribution < 1.29 is 9.53 Å². The van der Waals surface area contributed by atoms with E-state index in [0.717, 1.165) is 38.2 Å². The molecule has 0 bridgehead atoms. The van der Waals surface area contributed by atoms with E-state index in [1.165, 1.54) is 0 Å². The summed E-state index contributed by atoms with van der Waals surface area (Å²) in [6.07, 6.45) is 1.77. The summed E-state index contributed by atoms with van der Waals surface area (Å²) in [7, 11) is 0. The van der Waals surface area contributed by atoms with Gasteiger partial charge in [0.2, 0.25) is 0 Å². The zero-order valence-electron chi connectivity index (χ0n) is 14.8. The van der Waals surface area contributed by atoms with Crippen LogP contribution in [0.15, 0.2) is 42.5 Å². The molecule has 1 saturated heterocycles. The predicted octanol–water partition coefficient (Wildman–Crippen LogP) is 4.92. The molecule has 0 unspecified atom stereocenters. The van der Waals surface area contributed by atoms with Gasteiger partial charge in [-0.1, -0.05) is 40.9 Å². The lowest BCUT2D eigenvalue weighted by atomic mass is 10.0. The molecular weight excluding hydrogens is 407 g/mol. The van der Waals surface area contributed by atoms with Gasteiger partial charge in [-0.05, 0) is 49.2 Å². The van der Waals surface area contributed by atoms with Crippen LogP contribution in [0.3, 0.4) is 0 Å². The van der Waals surface area contributed by atoms with Crippen LogP contribution < -0.4 is 10.1 Å². The van der Waals surface area contributed by atoms with E-state index in [0.29, 0.717) is 27.2 Å². The van der Waals surface area contributed by atoms with Crippen LogP contribution in [0.25, 0.3) is 0 Å². The van der Waals surface area contributed by atoms with Crippen LogP contribution >= 0.6 is 34.8 Å². The molecule has 0 spiro atoms. The number of rotatable bonds is 6. The largest absolute Gasteiger partial charge is 0.492 e. The van der Waals surface area contributed by atoms with Crippen molar-refractivity contribution >= 4 is 40.7 Å². The Balaban J connectivity index is 1.41. The van der Waals surface area contributed by atoms with Crippen LogP contribution in [0.4, 0.5) is 0 Å². The fourth-order valence-electron chi connectivity index (χ4n) is 3.10. The van der Waals surface area contributed by atoms with Crippen molar-refractivity contribution in [2.45, 2.75) is 18.9 Å². The molecule has 1 heterocycles. The molecule has 27 heavy (non-hydrogen) atoms. The van der Waals surface area contributed by atoms with Crippen molar-refractivity contribution in [1.82, 2.24) is 10.2 Å². The first-order valence-corrected chi connectivity index (χ1v) is 10.0. The zero-order valence-corrected chi connectivity index (χ0v) is 17.0. The second kappa shape index (κ2) is 9.65. The van der Waals surface area contributed by atoms with Gasteiger partial charge in [0, 0.05) is 30.7 Å². The molecule has 0 aromatic heterocycles. The minimum Gasteiger partial charge on any atom is -0.492 e. The summed E-state index contributed by atoms with van der Waals surface area (Å²) in [5, 5.41) is 4.49. The first-order valence-electron chi connectivity index (χ1n) is 8.88. The van der Waals surface area contributed by atoms with Crippen LogP contribution in [0, 0.1) is 0 Å². The van der Waals surface area contributed by atoms with E-state index >= 15 is 0 Å². The Morgan fingerprint density at radius 2 is 1.67 bits per heavy atom. The second-order valence-corrected chi connectivity index (χ2v) is 7.74. The lowest BCUT2D eigenvalue weighted by Crippen LogP contribution is -2.45. The van der Waals surface area contributed by atoms with Crippen LogP contribution in [0.2, 0.25) is 15.1 Å². The standard InChI is InChI=1S/C20H21Cl3N2O2/c21-14-4-6-16(7-5-14)27-13-12-25-10-8-15(9-11-25)24-20(26)19-17(22)2-1-3-18(19)23/h1-7,15H,8-13H2,(H,24,26).